The van der Waals surface area contributed by atoms with E-state index in [9.17, 15) is 13.2 Å². The maximum Gasteiger partial charge on any atom is 0.389 e. The molecular weight excluding hydrogens is 309 g/mol. The molecule has 0 N–H and O–H groups in total. The van der Waals surface area contributed by atoms with Crippen LogP contribution in [0, 0.1) is 21.7 Å². The van der Waals surface area contributed by atoms with Gasteiger partial charge >= 0.3 is 6.18 Å². The molecule has 0 aliphatic heterocycles. The fourth-order valence-electron chi connectivity index (χ4n) is 0.601. The van der Waals surface area contributed by atoms with Crippen molar-refractivity contribution < 1.29 is 13.2 Å². The van der Waals surface area contributed by atoms with Crippen LogP contribution in [-0.4, -0.2) is 6.18 Å². The molecule has 0 rings (SSSR count). The monoisotopic (exact) mass is 356 g/mol. The zero-order chi connectivity index (χ0) is 21.2. The van der Waals surface area contributed by atoms with Gasteiger partial charge < -0.3 is 0 Å². The molecule has 0 atom stereocenters. The smallest absolute Gasteiger partial charge is 0.171 e. The Hall–Kier alpha value is -0.210. The Bertz CT molecular complexity index is 214. The third-order valence-corrected chi connectivity index (χ3v) is 0.731. The topological polar surface area (TPSA) is 0 Å². The summed E-state index contributed by atoms with van der Waals surface area (Å²) in [7, 11) is 0. The Kier molecular flexibility index (Phi) is 15.0. The summed E-state index contributed by atoms with van der Waals surface area (Å²) in [5, 5.41) is 0. The highest BCUT2D eigenvalue weighted by atomic mass is 19.4. The number of alkyl halides is 3. The molecule has 0 amide bonds. The van der Waals surface area contributed by atoms with E-state index in [2.05, 4.69) is 83.1 Å². The molecule has 0 aliphatic rings. The van der Waals surface area contributed by atoms with Crippen molar-refractivity contribution in [3.63, 3.8) is 0 Å². The molecule has 0 aromatic heterocycles. The van der Waals surface area contributed by atoms with Crippen LogP contribution in [0.2, 0.25) is 0 Å². The lowest BCUT2D eigenvalue weighted by Crippen LogP contribution is -2.18. The maximum atomic E-state index is 11.6. The zero-order valence-corrected chi connectivity index (χ0v) is 19.3. The van der Waals surface area contributed by atoms with E-state index in [1.165, 1.54) is 0 Å². The quantitative estimate of drug-likeness (QED) is 0.406. The summed E-state index contributed by atoms with van der Waals surface area (Å²) in [6, 6.07) is 0. The number of rotatable bonds is 0. The van der Waals surface area contributed by atoms with E-state index in [1.807, 2.05) is 0 Å². The Morgan fingerprint density at radius 3 is 0.542 bits per heavy atom. The second-order valence-electron chi connectivity index (χ2n) is 12.4. The second kappa shape index (κ2) is 11.4. The molecule has 0 bridgehead atoms. The number of hydrogen-bond donors (Lipinski definition) is 0. The van der Waals surface area contributed by atoms with Crippen LogP contribution in [0.1, 0.15) is 110 Å². The van der Waals surface area contributed by atoms with E-state index < -0.39 is 18.0 Å². The molecule has 0 spiro atoms. The van der Waals surface area contributed by atoms with Gasteiger partial charge in [0.2, 0.25) is 0 Å². The van der Waals surface area contributed by atoms with E-state index in [0.29, 0.717) is 16.2 Å². The predicted octanol–water partition coefficient (Wildman–Crippen LogP) is 9.14. The highest BCUT2D eigenvalue weighted by Gasteiger charge is 2.33. The second-order valence-corrected chi connectivity index (χ2v) is 12.4. The Morgan fingerprint density at radius 1 is 0.417 bits per heavy atom. The van der Waals surface area contributed by atoms with Crippen molar-refractivity contribution in [2.45, 2.75) is 116 Å². The molecule has 0 heterocycles. The molecule has 0 saturated carbocycles. The highest BCUT2D eigenvalue weighted by molar-refractivity contribution is 4.66. The minimum Gasteiger partial charge on any atom is -0.171 e. The third-order valence-electron chi connectivity index (χ3n) is 0.731. The van der Waals surface area contributed by atoms with Crippen LogP contribution in [0.25, 0.3) is 0 Å². The van der Waals surface area contributed by atoms with Crippen LogP contribution < -0.4 is 0 Å². The number of halogens is 3. The van der Waals surface area contributed by atoms with Gasteiger partial charge in [0.05, 0.1) is 0 Å². The first-order valence-electron chi connectivity index (χ1n) is 8.77. The van der Waals surface area contributed by atoms with E-state index in [0.717, 1.165) is 0 Å². The minimum atomic E-state index is -4.02. The molecule has 0 radical (unpaired) electrons. The van der Waals surface area contributed by atoms with Crippen molar-refractivity contribution in [2.75, 3.05) is 0 Å². The van der Waals surface area contributed by atoms with Crippen LogP contribution in [0.4, 0.5) is 13.2 Å². The summed E-state index contributed by atoms with van der Waals surface area (Å²) in [4.78, 5) is 0. The summed E-state index contributed by atoms with van der Waals surface area (Å²) < 4.78 is 34.7. The summed E-state index contributed by atoms with van der Waals surface area (Å²) in [5.74, 6) is 0. The largest absolute Gasteiger partial charge is 0.389 e. The fraction of sp³-hybridized carbons (Fsp3) is 1.00. The van der Waals surface area contributed by atoms with Crippen molar-refractivity contribution in [1.82, 2.24) is 0 Å². The standard InChI is InChI=1S/C6H11F3.3C5H12/c1-5(2,3)4-6(7,8)9;3*1-5(2,3)4/h4H2,1-3H3;3*1-4H3. The lowest BCUT2D eigenvalue weighted by Gasteiger charge is -2.19. The van der Waals surface area contributed by atoms with E-state index in [-0.39, 0.29) is 0 Å². The number of hydrogen-bond acceptors (Lipinski definition) is 0. The molecule has 0 fully saturated rings. The Morgan fingerprint density at radius 2 is 0.542 bits per heavy atom. The SMILES string of the molecule is CC(C)(C)C.CC(C)(C)C.CC(C)(C)C.CC(C)(C)CC(F)(F)F. The molecule has 0 aromatic carbocycles. The Labute approximate surface area is 152 Å². The first-order valence-corrected chi connectivity index (χ1v) is 8.77. The third kappa shape index (κ3) is 281. The molecule has 0 saturated heterocycles. The first-order chi connectivity index (χ1) is 9.71. The normalized spacial score (nSPS) is 12.8. The van der Waals surface area contributed by atoms with E-state index >= 15 is 0 Å². The predicted molar refractivity (Wildman–Crippen MR) is 106 cm³/mol. The summed E-state index contributed by atoms with van der Waals surface area (Å²) >= 11 is 0. The summed E-state index contributed by atoms with van der Waals surface area (Å²) in [6.45, 7) is 31.0. The zero-order valence-electron chi connectivity index (χ0n) is 19.3. The average Bonchev–Trinajstić information content (AvgIpc) is 1.80. The maximum absolute atomic E-state index is 11.6. The van der Waals surface area contributed by atoms with E-state index in [1.54, 1.807) is 20.8 Å². The molecule has 0 unspecified atom stereocenters. The van der Waals surface area contributed by atoms with Crippen molar-refractivity contribution in [3.05, 3.63) is 0 Å². The fourth-order valence-corrected chi connectivity index (χ4v) is 0.601. The molecule has 0 aliphatic carbocycles. The van der Waals surface area contributed by atoms with Crippen LogP contribution in [0.3, 0.4) is 0 Å². The van der Waals surface area contributed by atoms with Gasteiger partial charge in [-0.3, -0.25) is 0 Å². The van der Waals surface area contributed by atoms with Gasteiger partial charge in [0.1, 0.15) is 0 Å². The van der Waals surface area contributed by atoms with Crippen LogP contribution in [0.15, 0.2) is 0 Å². The lowest BCUT2D eigenvalue weighted by molar-refractivity contribution is -0.152. The van der Waals surface area contributed by atoms with Crippen LogP contribution >= 0.6 is 0 Å². The Balaban J connectivity index is -0.000000116. The average molecular weight is 357 g/mol. The molecule has 0 aromatic rings. The highest BCUT2D eigenvalue weighted by Crippen LogP contribution is 2.31. The first kappa shape index (κ1) is 31.5. The molecule has 24 heavy (non-hydrogen) atoms. The molecule has 3 heteroatoms. The van der Waals surface area contributed by atoms with Gasteiger partial charge in [-0.15, -0.1) is 0 Å². The van der Waals surface area contributed by atoms with Gasteiger partial charge in [-0.2, -0.15) is 13.2 Å². The van der Waals surface area contributed by atoms with Gasteiger partial charge in [-0.1, -0.05) is 104 Å². The van der Waals surface area contributed by atoms with Crippen molar-refractivity contribution in [1.29, 1.82) is 0 Å². The molecule has 0 nitrogen and oxygen atoms in total. The lowest BCUT2D eigenvalue weighted by atomic mass is 9.92. The van der Waals surface area contributed by atoms with Crippen molar-refractivity contribution >= 4 is 0 Å². The van der Waals surface area contributed by atoms with Gasteiger partial charge in [0.15, 0.2) is 0 Å². The van der Waals surface area contributed by atoms with Gasteiger partial charge in [0, 0.05) is 6.42 Å². The van der Waals surface area contributed by atoms with Gasteiger partial charge in [0.25, 0.3) is 0 Å². The van der Waals surface area contributed by atoms with E-state index in [4.69, 9.17) is 0 Å². The summed E-state index contributed by atoms with van der Waals surface area (Å²) in [6.07, 6.45) is -4.72. The molecular formula is C21H47F3. The van der Waals surface area contributed by atoms with Crippen molar-refractivity contribution in [2.24, 2.45) is 21.7 Å². The summed E-state index contributed by atoms with van der Waals surface area (Å²) in [5.41, 5.74) is 0.859. The van der Waals surface area contributed by atoms with Gasteiger partial charge in [-0.25, -0.2) is 0 Å². The minimum absolute atomic E-state index is 0.500. The van der Waals surface area contributed by atoms with Gasteiger partial charge in [-0.05, 0) is 21.7 Å². The van der Waals surface area contributed by atoms with Crippen LogP contribution in [-0.2, 0) is 0 Å². The molecule has 152 valence electrons. The van der Waals surface area contributed by atoms with Crippen LogP contribution in [0.5, 0.6) is 0 Å². The van der Waals surface area contributed by atoms with Crippen molar-refractivity contribution in [3.8, 4) is 0 Å².